The van der Waals surface area contributed by atoms with Gasteiger partial charge in [-0.05, 0) is 50.1 Å². The Kier molecular flexibility index (Phi) is 3.31. The van der Waals surface area contributed by atoms with Gasteiger partial charge in [-0.3, -0.25) is 0 Å². The van der Waals surface area contributed by atoms with Crippen molar-refractivity contribution in [3.05, 3.63) is 34.4 Å². The molecule has 1 N–H and O–H groups in total. The number of nitrogens with zero attached hydrogens (tertiary/aromatic N) is 1. The third kappa shape index (κ3) is 2.13. The lowest BCUT2D eigenvalue weighted by molar-refractivity contribution is 0.240. The molecule has 2 heteroatoms. The average molecular weight is 218 g/mol. The van der Waals surface area contributed by atoms with Crippen LogP contribution in [0.3, 0.4) is 0 Å². The van der Waals surface area contributed by atoms with Crippen LogP contribution in [0, 0.1) is 20.8 Å². The Morgan fingerprint density at radius 1 is 1.19 bits per heavy atom. The first-order valence-corrected chi connectivity index (χ1v) is 6.08. The number of benzene rings is 1. The molecule has 1 saturated heterocycles. The summed E-state index contributed by atoms with van der Waals surface area (Å²) < 4.78 is 0. The Labute approximate surface area is 98.7 Å². The summed E-state index contributed by atoms with van der Waals surface area (Å²) >= 11 is 0. The Morgan fingerprint density at radius 2 is 1.94 bits per heavy atom. The van der Waals surface area contributed by atoms with Crippen molar-refractivity contribution in [3.8, 4) is 0 Å². The number of piperazine rings is 1. The number of aryl methyl sites for hydroxylation is 1. The third-order valence-electron chi connectivity index (χ3n) is 3.85. The third-order valence-corrected chi connectivity index (χ3v) is 3.85. The Balaban J connectivity index is 2.29. The maximum Gasteiger partial charge on any atom is 0.0452 e. The molecular weight excluding hydrogens is 196 g/mol. The van der Waals surface area contributed by atoms with E-state index in [-0.39, 0.29) is 0 Å². The van der Waals surface area contributed by atoms with E-state index in [9.17, 15) is 0 Å². The fourth-order valence-electron chi connectivity index (χ4n) is 2.46. The second kappa shape index (κ2) is 4.56. The molecule has 16 heavy (non-hydrogen) atoms. The number of hydrogen-bond acceptors (Lipinski definition) is 2. The second-order valence-corrected chi connectivity index (χ2v) is 4.99. The fraction of sp³-hybridized carbons (Fsp3) is 0.571. The number of nitrogens with one attached hydrogen (secondary N) is 1. The zero-order valence-corrected chi connectivity index (χ0v) is 10.8. The van der Waals surface area contributed by atoms with E-state index < -0.39 is 0 Å². The molecule has 0 amide bonds. The minimum atomic E-state index is 0.498. The van der Waals surface area contributed by atoms with Gasteiger partial charge in [-0.25, -0.2) is 0 Å². The molecule has 88 valence electrons. The maximum absolute atomic E-state index is 3.61. The van der Waals surface area contributed by atoms with E-state index in [1.807, 2.05) is 0 Å². The van der Waals surface area contributed by atoms with Crippen molar-refractivity contribution in [1.29, 1.82) is 0 Å². The van der Waals surface area contributed by atoms with Crippen LogP contribution < -0.4 is 5.32 Å². The standard InChI is InChI=1S/C14H22N2/c1-10-5-6-13(12(3)11(10)2)14-9-16(4)8-7-15-14/h5-6,14-15H,7-9H2,1-4H3. The normalized spacial score (nSPS) is 22.4. The molecule has 1 aromatic rings. The molecule has 1 aromatic carbocycles. The molecule has 1 heterocycles. The monoisotopic (exact) mass is 218 g/mol. The van der Waals surface area contributed by atoms with Crippen molar-refractivity contribution in [1.82, 2.24) is 10.2 Å². The zero-order valence-electron chi connectivity index (χ0n) is 10.8. The van der Waals surface area contributed by atoms with Crippen molar-refractivity contribution < 1.29 is 0 Å². The van der Waals surface area contributed by atoms with Gasteiger partial charge in [0.2, 0.25) is 0 Å². The summed E-state index contributed by atoms with van der Waals surface area (Å²) in [5, 5.41) is 3.61. The van der Waals surface area contributed by atoms with Crippen LogP contribution in [0.1, 0.15) is 28.3 Å². The summed E-state index contributed by atoms with van der Waals surface area (Å²) in [5.41, 5.74) is 5.75. The van der Waals surface area contributed by atoms with Crippen LogP contribution in [0.5, 0.6) is 0 Å². The molecule has 0 saturated carbocycles. The summed E-state index contributed by atoms with van der Waals surface area (Å²) in [5.74, 6) is 0. The molecule has 1 atom stereocenters. The fourth-order valence-corrected chi connectivity index (χ4v) is 2.46. The lowest BCUT2D eigenvalue weighted by Gasteiger charge is -2.32. The zero-order chi connectivity index (χ0) is 11.7. The summed E-state index contributed by atoms with van der Waals surface area (Å²) in [6, 6.07) is 5.03. The van der Waals surface area contributed by atoms with Crippen LogP contribution in [-0.2, 0) is 0 Å². The van der Waals surface area contributed by atoms with Gasteiger partial charge in [0.15, 0.2) is 0 Å². The molecule has 0 spiro atoms. The smallest absolute Gasteiger partial charge is 0.0452 e. The SMILES string of the molecule is Cc1ccc(C2CN(C)CCN2)c(C)c1C. The van der Waals surface area contributed by atoms with Gasteiger partial charge in [0.25, 0.3) is 0 Å². The van der Waals surface area contributed by atoms with Crippen molar-refractivity contribution in [2.24, 2.45) is 0 Å². The molecule has 0 aromatic heterocycles. The van der Waals surface area contributed by atoms with E-state index in [1.54, 1.807) is 0 Å². The summed E-state index contributed by atoms with van der Waals surface area (Å²) in [6.07, 6.45) is 0. The first-order chi connectivity index (χ1) is 7.59. The molecule has 0 aliphatic carbocycles. The van der Waals surface area contributed by atoms with Crippen molar-refractivity contribution in [2.45, 2.75) is 26.8 Å². The largest absolute Gasteiger partial charge is 0.308 e. The summed E-state index contributed by atoms with van der Waals surface area (Å²) in [4.78, 5) is 2.40. The number of rotatable bonds is 1. The molecule has 1 aliphatic rings. The van der Waals surface area contributed by atoms with E-state index in [4.69, 9.17) is 0 Å². The summed E-state index contributed by atoms with van der Waals surface area (Å²) in [7, 11) is 2.20. The van der Waals surface area contributed by atoms with Crippen molar-refractivity contribution in [2.75, 3.05) is 26.7 Å². The van der Waals surface area contributed by atoms with Crippen LogP contribution in [0.2, 0.25) is 0 Å². The topological polar surface area (TPSA) is 15.3 Å². The van der Waals surface area contributed by atoms with Gasteiger partial charge in [-0.1, -0.05) is 12.1 Å². The Morgan fingerprint density at radius 3 is 2.62 bits per heavy atom. The van der Waals surface area contributed by atoms with Gasteiger partial charge in [0, 0.05) is 25.7 Å². The van der Waals surface area contributed by atoms with Crippen LogP contribution in [0.4, 0.5) is 0 Å². The Bertz CT molecular complexity index is 385. The van der Waals surface area contributed by atoms with E-state index in [1.165, 1.54) is 22.3 Å². The van der Waals surface area contributed by atoms with Crippen LogP contribution >= 0.6 is 0 Å². The van der Waals surface area contributed by atoms with E-state index >= 15 is 0 Å². The molecule has 2 rings (SSSR count). The maximum atomic E-state index is 3.61. The van der Waals surface area contributed by atoms with Gasteiger partial charge in [0.1, 0.15) is 0 Å². The lowest BCUT2D eigenvalue weighted by atomic mass is 9.93. The minimum absolute atomic E-state index is 0.498. The first-order valence-electron chi connectivity index (χ1n) is 6.08. The molecule has 0 bridgehead atoms. The van der Waals surface area contributed by atoms with Crippen molar-refractivity contribution >= 4 is 0 Å². The molecule has 1 unspecified atom stereocenters. The molecule has 1 fully saturated rings. The highest BCUT2D eigenvalue weighted by molar-refractivity contribution is 5.40. The number of hydrogen-bond donors (Lipinski definition) is 1. The molecule has 0 radical (unpaired) electrons. The quantitative estimate of drug-likeness (QED) is 0.777. The molecule has 1 aliphatic heterocycles. The average Bonchev–Trinajstić information content (AvgIpc) is 2.26. The van der Waals surface area contributed by atoms with Crippen molar-refractivity contribution in [3.63, 3.8) is 0 Å². The number of likely N-dealkylation sites (N-methyl/N-ethyl adjacent to an activating group) is 1. The van der Waals surface area contributed by atoms with Gasteiger partial charge in [-0.2, -0.15) is 0 Å². The van der Waals surface area contributed by atoms with Crippen LogP contribution in [0.25, 0.3) is 0 Å². The first kappa shape index (κ1) is 11.6. The van der Waals surface area contributed by atoms with Crippen LogP contribution in [-0.4, -0.2) is 31.6 Å². The minimum Gasteiger partial charge on any atom is -0.308 e. The molecule has 2 nitrogen and oxygen atoms in total. The van der Waals surface area contributed by atoms with Gasteiger partial charge >= 0.3 is 0 Å². The van der Waals surface area contributed by atoms with Gasteiger partial charge in [0.05, 0.1) is 0 Å². The van der Waals surface area contributed by atoms with E-state index in [2.05, 4.69) is 50.2 Å². The van der Waals surface area contributed by atoms with Gasteiger partial charge in [-0.15, -0.1) is 0 Å². The lowest BCUT2D eigenvalue weighted by Crippen LogP contribution is -2.43. The summed E-state index contributed by atoms with van der Waals surface area (Å²) in [6.45, 7) is 10.0. The van der Waals surface area contributed by atoms with E-state index in [0.29, 0.717) is 6.04 Å². The Hall–Kier alpha value is -0.860. The molecular formula is C14H22N2. The highest BCUT2D eigenvalue weighted by atomic mass is 15.2. The van der Waals surface area contributed by atoms with E-state index in [0.717, 1.165) is 19.6 Å². The predicted molar refractivity (Wildman–Crippen MR) is 68.9 cm³/mol. The van der Waals surface area contributed by atoms with Gasteiger partial charge < -0.3 is 10.2 Å². The highest BCUT2D eigenvalue weighted by Crippen LogP contribution is 2.24. The second-order valence-electron chi connectivity index (χ2n) is 4.99. The highest BCUT2D eigenvalue weighted by Gasteiger charge is 2.20. The van der Waals surface area contributed by atoms with Crippen LogP contribution in [0.15, 0.2) is 12.1 Å². The predicted octanol–water partition coefficient (Wildman–Crippen LogP) is 2.19.